The van der Waals surface area contributed by atoms with Crippen molar-refractivity contribution in [2.24, 2.45) is 7.05 Å². The first-order chi connectivity index (χ1) is 7.75. The first-order valence-corrected chi connectivity index (χ1v) is 6.29. The molecule has 1 N–H and O–H groups in total. The number of thiazole rings is 1. The Hall–Kier alpha value is -1.13. The van der Waals surface area contributed by atoms with E-state index in [0.717, 1.165) is 19.5 Å². The van der Waals surface area contributed by atoms with E-state index in [1.165, 1.54) is 15.6 Å². The lowest BCUT2D eigenvalue weighted by atomic mass is 10.4. The third-order valence-electron chi connectivity index (χ3n) is 2.54. The van der Waals surface area contributed by atoms with Crippen LogP contribution in [-0.4, -0.2) is 16.1 Å². The van der Waals surface area contributed by atoms with Gasteiger partial charge in [-0.3, -0.25) is 0 Å². The van der Waals surface area contributed by atoms with Crippen LogP contribution in [0.25, 0.3) is 0 Å². The zero-order valence-electron chi connectivity index (χ0n) is 9.73. The molecule has 0 atom stereocenters. The lowest BCUT2D eigenvalue weighted by Gasteiger charge is -2.04. The number of nitrogens with one attached hydrogen (secondary N) is 1. The molecule has 0 spiro atoms. The van der Waals surface area contributed by atoms with Gasteiger partial charge in [-0.05, 0) is 19.1 Å². The van der Waals surface area contributed by atoms with E-state index in [1.54, 1.807) is 11.3 Å². The van der Waals surface area contributed by atoms with Gasteiger partial charge in [0.2, 0.25) is 0 Å². The van der Waals surface area contributed by atoms with Crippen molar-refractivity contribution in [2.45, 2.75) is 19.9 Å². The van der Waals surface area contributed by atoms with Gasteiger partial charge in [-0.15, -0.1) is 11.3 Å². The first-order valence-electron chi connectivity index (χ1n) is 5.48. The van der Waals surface area contributed by atoms with E-state index in [1.807, 2.05) is 6.20 Å². The Morgan fingerprint density at radius 2 is 2.38 bits per heavy atom. The third kappa shape index (κ3) is 2.93. The van der Waals surface area contributed by atoms with Crippen molar-refractivity contribution in [1.82, 2.24) is 14.9 Å². The van der Waals surface area contributed by atoms with Crippen LogP contribution in [0.1, 0.15) is 15.6 Å². The standard InChI is InChI=1S/C12H17N3S/c1-10-8-14-12(16-10)5-6-13-9-11-4-3-7-15(11)2/h3-4,7-8,13H,5-6,9H2,1-2H3. The quantitative estimate of drug-likeness (QED) is 0.805. The van der Waals surface area contributed by atoms with Crippen molar-refractivity contribution < 1.29 is 0 Å². The predicted molar refractivity (Wildman–Crippen MR) is 67.7 cm³/mol. The molecule has 0 aliphatic rings. The monoisotopic (exact) mass is 235 g/mol. The molecule has 0 aliphatic heterocycles. The molecule has 2 heterocycles. The minimum Gasteiger partial charge on any atom is -0.353 e. The maximum absolute atomic E-state index is 4.34. The van der Waals surface area contributed by atoms with Gasteiger partial charge in [0.1, 0.15) is 0 Å². The van der Waals surface area contributed by atoms with E-state index in [9.17, 15) is 0 Å². The molecule has 0 aromatic carbocycles. The molecule has 0 amide bonds. The van der Waals surface area contributed by atoms with Crippen molar-refractivity contribution in [3.63, 3.8) is 0 Å². The maximum atomic E-state index is 4.34. The summed E-state index contributed by atoms with van der Waals surface area (Å²) in [6.07, 6.45) is 5.03. The van der Waals surface area contributed by atoms with E-state index < -0.39 is 0 Å². The van der Waals surface area contributed by atoms with Crippen molar-refractivity contribution in [2.75, 3.05) is 6.54 Å². The fourth-order valence-corrected chi connectivity index (χ4v) is 2.40. The van der Waals surface area contributed by atoms with Gasteiger partial charge in [-0.2, -0.15) is 0 Å². The second kappa shape index (κ2) is 5.27. The largest absolute Gasteiger partial charge is 0.353 e. The summed E-state index contributed by atoms with van der Waals surface area (Å²) in [5.74, 6) is 0. The zero-order valence-corrected chi connectivity index (χ0v) is 10.5. The summed E-state index contributed by atoms with van der Waals surface area (Å²) in [5, 5.41) is 4.65. The normalized spacial score (nSPS) is 10.9. The molecule has 2 aromatic heterocycles. The highest BCUT2D eigenvalue weighted by molar-refractivity contribution is 7.11. The summed E-state index contributed by atoms with van der Waals surface area (Å²) in [6.45, 7) is 4.00. The minimum atomic E-state index is 0.924. The van der Waals surface area contributed by atoms with Crippen molar-refractivity contribution >= 4 is 11.3 Å². The lowest BCUT2D eigenvalue weighted by molar-refractivity contribution is 0.652. The molecule has 0 radical (unpaired) electrons. The summed E-state index contributed by atoms with van der Waals surface area (Å²) >= 11 is 1.78. The van der Waals surface area contributed by atoms with Gasteiger partial charge < -0.3 is 9.88 Å². The van der Waals surface area contributed by atoms with Crippen molar-refractivity contribution in [3.05, 3.63) is 40.1 Å². The molecule has 0 saturated carbocycles. The Labute approximate surface area is 100 Å². The van der Waals surface area contributed by atoms with E-state index >= 15 is 0 Å². The Bertz CT molecular complexity index is 445. The van der Waals surface area contributed by atoms with E-state index in [0.29, 0.717) is 0 Å². The van der Waals surface area contributed by atoms with E-state index in [2.05, 4.69) is 47.2 Å². The van der Waals surface area contributed by atoms with Crippen LogP contribution in [0.4, 0.5) is 0 Å². The van der Waals surface area contributed by atoms with Crippen LogP contribution in [0.5, 0.6) is 0 Å². The van der Waals surface area contributed by atoms with Crippen LogP contribution in [0, 0.1) is 6.92 Å². The highest BCUT2D eigenvalue weighted by Crippen LogP contribution is 2.11. The molecule has 0 bridgehead atoms. The highest BCUT2D eigenvalue weighted by Gasteiger charge is 1.99. The minimum absolute atomic E-state index is 0.924. The summed E-state index contributed by atoms with van der Waals surface area (Å²) in [5.41, 5.74) is 1.32. The molecule has 0 fully saturated rings. The average Bonchev–Trinajstić information content (AvgIpc) is 2.83. The number of nitrogens with zero attached hydrogens (tertiary/aromatic N) is 2. The summed E-state index contributed by atoms with van der Waals surface area (Å²) < 4.78 is 2.14. The summed E-state index contributed by atoms with van der Waals surface area (Å²) in [6, 6.07) is 4.21. The Morgan fingerprint density at radius 1 is 1.50 bits per heavy atom. The van der Waals surface area contributed by atoms with Crippen LogP contribution >= 0.6 is 11.3 Å². The molecular formula is C12H17N3S. The first kappa shape index (κ1) is 11.4. The van der Waals surface area contributed by atoms with Crippen LogP contribution in [0.3, 0.4) is 0 Å². The van der Waals surface area contributed by atoms with Gasteiger partial charge in [0.15, 0.2) is 0 Å². The molecule has 2 rings (SSSR count). The molecule has 0 saturated heterocycles. The topological polar surface area (TPSA) is 29.9 Å². The third-order valence-corrected chi connectivity index (χ3v) is 3.51. The van der Waals surface area contributed by atoms with Gasteiger partial charge in [0.05, 0.1) is 5.01 Å². The fraction of sp³-hybridized carbons (Fsp3) is 0.417. The number of rotatable bonds is 5. The van der Waals surface area contributed by atoms with Crippen LogP contribution in [-0.2, 0) is 20.0 Å². The summed E-state index contributed by atoms with van der Waals surface area (Å²) in [4.78, 5) is 5.63. The Kier molecular flexibility index (Phi) is 3.74. The predicted octanol–water partition coefficient (Wildman–Crippen LogP) is 2.12. The van der Waals surface area contributed by atoms with Crippen LogP contribution in [0.15, 0.2) is 24.5 Å². The van der Waals surface area contributed by atoms with E-state index in [4.69, 9.17) is 0 Å². The Morgan fingerprint density at radius 3 is 3.00 bits per heavy atom. The maximum Gasteiger partial charge on any atom is 0.0940 e. The van der Waals surface area contributed by atoms with Crippen molar-refractivity contribution in [3.8, 4) is 0 Å². The van der Waals surface area contributed by atoms with Gasteiger partial charge in [0, 0.05) is 49.5 Å². The molecular weight excluding hydrogens is 218 g/mol. The lowest BCUT2D eigenvalue weighted by Crippen LogP contribution is -2.18. The molecule has 0 aliphatic carbocycles. The fourth-order valence-electron chi connectivity index (χ4n) is 1.61. The van der Waals surface area contributed by atoms with Gasteiger partial charge >= 0.3 is 0 Å². The van der Waals surface area contributed by atoms with E-state index in [-0.39, 0.29) is 0 Å². The van der Waals surface area contributed by atoms with Crippen LogP contribution in [0.2, 0.25) is 0 Å². The SMILES string of the molecule is Cc1cnc(CCNCc2cccn2C)s1. The number of aryl methyl sites for hydroxylation is 2. The molecule has 0 unspecified atom stereocenters. The smallest absolute Gasteiger partial charge is 0.0940 e. The molecule has 4 heteroatoms. The number of hydrogen-bond donors (Lipinski definition) is 1. The highest BCUT2D eigenvalue weighted by atomic mass is 32.1. The zero-order chi connectivity index (χ0) is 11.4. The molecule has 16 heavy (non-hydrogen) atoms. The second-order valence-corrected chi connectivity index (χ2v) is 5.22. The average molecular weight is 235 g/mol. The molecule has 2 aromatic rings. The molecule has 3 nitrogen and oxygen atoms in total. The number of aromatic nitrogens is 2. The summed E-state index contributed by atoms with van der Waals surface area (Å²) in [7, 11) is 2.07. The van der Waals surface area contributed by atoms with Gasteiger partial charge in [-0.1, -0.05) is 0 Å². The van der Waals surface area contributed by atoms with Gasteiger partial charge in [-0.25, -0.2) is 4.98 Å². The Balaban J connectivity index is 1.71. The van der Waals surface area contributed by atoms with Crippen LogP contribution < -0.4 is 5.32 Å². The molecule has 86 valence electrons. The number of hydrogen-bond acceptors (Lipinski definition) is 3. The van der Waals surface area contributed by atoms with Gasteiger partial charge in [0.25, 0.3) is 0 Å². The second-order valence-electron chi connectivity index (χ2n) is 3.90. The van der Waals surface area contributed by atoms with Crippen molar-refractivity contribution in [1.29, 1.82) is 0 Å².